The second-order valence-electron chi connectivity index (χ2n) is 8.16. The normalized spacial score (nSPS) is 24.9. The number of halogens is 2. The smallest absolute Gasteiger partial charge is 0.271 e. The quantitative estimate of drug-likeness (QED) is 0.669. The number of carbonyl (C=O) groups is 2. The second-order valence-corrected chi connectivity index (χ2v) is 8.59. The Bertz CT molecular complexity index is 947. The molecule has 2 N–H and O–H groups in total. The molecule has 158 valence electrons. The molecule has 2 bridgehead atoms. The molecule has 0 spiro atoms. The van der Waals surface area contributed by atoms with Gasteiger partial charge in [0.05, 0.1) is 24.7 Å². The first-order chi connectivity index (χ1) is 14.3. The summed E-state index contributed by atoms with van der Waals surface area (Å²) in [7, 11) is 0. The molecule has 2 aromatic rings. The zero-order valence-electron chi connectivity index (χ0n) is 16.5. The molecular formula is C21H22ClFN4O3. The highest BCUT2D eigenvalue weighted by Crippen LogP contribution is 2.60. The van der Waals surface area contributed by atoms with E-state index in [1.54, 1.807) is 12.1 Å². The van der Waals surface area contributed by atoms with Gasteiger partial charge in [-0.1, -0.05) is 23.7 Å². The number of amides is 2. The van der Waals surface area contributed by atoms with E-state index in [4.69, 9.17) is 16.3 Å². The number of hydrogen-bond acceptors (Lipinski definition) is 5. The first kappa shape index (κ1) is 20.7. The molecule has 1 aromatic heterocycles. The van der Waals surface area contributed by atoms with Crippen LogP contribution in [0.15, 0.2) is 36.7 Å². The number of hydrogen-bond donors (Lipinski definition) is 2. The molecule has 3 saturated carbocycles. The molecule has 1 heterocycles. The van der Waals surface area contributed by atoms with E-state index in [0.717, 1.165) is 5.56 Å². The lowest BCUT2D eigenvalue weighted by atomic mass is 9.44. The van der Waals surface area contributed by atoms with Gasteiger partial charge >= 0.3 is 0 Å². The lowest BCUT2D eigenvalue weighted by molar-refractivity contribution is -0.143. The largest absolute Gasteiger partial charge is 0.367 e. The van der Waals surface area contributed by atoms with Gasteiger partial charge in [0.2, 0.25) is 5.91 Å². The van der Waals surface area contributed by atoms with Crippen LogP contribution in [0.2, 0.25) is 5.02 Å². The van der Waals surface area contributed by atoms with Gasteiger partial charge in [-0.2, -0.15) is 0 Å². The number of benzene rings is 1. The van der Waals surface area contributed by atoms with E-state index in [1.165, 1.54) is 19.3 Å². The number of rotatable bonds is 8. The van der Waals surface area contributed by atoms with E-state index in [-0.39, 0.29) is 40.9 Å². The second kappa shape index (κ2) is 7.92. The minimum absolute atomic E-state index is 0.0391. The Balaban J connectivity index is 1.20. The molecule has 3 fully saturated rings. The fraction of sp³-hybridized carbons (Fsp3) is 0.429. The van der Waals surface area contributed by atoms with E-state index in [0.29, 0.717) is 30.9 Å². The van der Waals surface area contributed by atoms with E-state index >= 15 is 0 Å². The average molecular weight is 433 g/mol. The van der Waals surface area contributed by atoms with Gasteiger partial charge in [-0.05, 0) is 43.9 Å². The Morgan fingerprint density at radius 2 is 1.93 bits per heavy atom. The summed E-state index contributed by atoms with van der Waals surface area (Å²) in [6.07, 6.45) is 3.31. The van der Waals surface area contributed by atoms with Crippen molar-refractivity contribution in [3.63, 3.8) is 0 Å². The van der Waals surface area contributed by atoms with Crippen molar-refractivity contribution in [2.45, 2.75) is 50.0 Å². The van der Waals surface area contributed by atoms with Crippen LogP contribution in [0.3, 0.4) is 0 Å². The number of nitrogens with one attached hydrogen (secondary N) is 2. The highest BCUT2D eigenvalue weighted by atomic mass is 35.5. The van der Waals surface area contributed by atoms with E-state index in [1.807, 2.05) is 12.1 Å². The highest BCUT2D eigenvalue weighted by Gasteiger charge is 2.69. The number of nitrogens with zero attached hydrogens (tertiary/aromatic N) is 2. The molecule has 5 rings (SSSR count). The predicted molar refractivity (Wildman–Crippen MR) is 108 cm³/mol. The molecule has 30 heavy (non-hydrogen) atoms. The van der Waals surface area contributed by atoms with Crippen molar-refractivity contribution in [2.24, 2.45) is 0 Å². The summed E-state index contributed by atoms with van der Waals surface area (Å²) in [4.78, 5) is 32.4. The van der Waals surface area contributed by atoms with Gasteiger partial charge in [-0.15, -0.1) is 0 Å². The minimum Gasteiger partial charge on any atom is -0.367 e. The molecule has 1 aromatic carbocycles. The van der Waals surface area contributed by atoms with Crippen molar-refractivity contribution in [3.8, 4) is 0 Å². The molecule has 0 saturated heterocycles. The van der Waals surface area contributed by atoms with Crippen molar-refractivity contribution in [2.75, 3.05) is 6.61 Å². The summed E-state index contributed by atoms with van der Waals surface area (Å²) in [6, 6.07) is 7.29. The zero-order chi connectivity index (χ0) is 21.4. The third-order valence-corrected chi connectivity index (χ3v) is 5.75. The third-order valence-electron chi connectivity index (χ3n) is 5.52. The van der Waals surface area contributed by atoms with Gasteiger partial charge in [0.15, 0.2) is 0 Å². The van der Waals surface area contributed by atoms with Crippen LogP contribution in [0.5, 0.6) is 0 Å². The Morgan fingerprint density at radius 3 is 2.57 bits per heavy atom. The maximum atomic E-state index is 13.2. The lowest BCUT2D eigenvalue weighted by Crippen LogP contribution is -2.84. The average Bonchev–Trinajstić information content (AvgIpc) is 2.65. The molecule has 0 radical (unpaired) electrons. The molecule has 3 aliphatic carbocycles. The summed E-state index contributed by atoms with van der Waals surface area (Å²) in [6.45, 7) is 1.63. The van der Waals surface area contributed by atoms with Gasteiger partial charge in [0.25, 0.3) is 5.91 Å². The van der Waals surface area contributed by atoms with Crippen LogP contribution in [0.4, 0.5) is 4.39 Å². The molecule has 3 aliphatic rings. The topological polar surface area (TPSA) is 93.2 Å². The predicted octanol–water partition coefficient (Wildman–Crippen LogP) is 2.90. The Hall–Kier alpha value is -2.58. The van der Waals surface area contributed by atoms with Crippen LogP contribution >= 0.6 is 11.6 Å². The summed E-state index contributed by atoms with van der Waals surface area (Å²) in [5.41, 5.74) is 0.649. The van der Waals surface area contributed by atoms with Crippen LogP contribution in [0.25, 0.3) is 0 Å². The van der Waals surface area contributed by atoms with Gasteiger partial charge in [-0.25, -0.2) is 9.37 Å². The molecule has 0 aliphatic heterocycles. The van der Waals surface area contributed by atoms with Crippen molar-refractivity contribution >= 4 is 23.4 Å². The molecule has 2 amide bonds. The van der Waals surface area contributed by atoms with Crippen LogP contribution < -0.4 is 10.6 Å². The van der Waals surface area contributed by atoms with Gasteiger partial charge in [-0.3, -0.25) is 14.6 Å². The van der Waals surface area contributed by atoms with Crippen LogP contribution in [-0.4, -0.2) is 39.5 Å². The first-order valence-corrected chi connectivity index (χ1v) is 10.1. The number of aromatic nitrogens is 2. The summed E-state index contributed by atoms with van der Waals surface area (Å²) < 4.78 is 18.6. The lowest BCUT2D eigenvalue weighted by Gasteiger charge is -2.70. The minimum atomic E-state index is -1.23. The summed E-state index contributed by atoms with van der Waals surface area (Å²) >= 11 is 5.93. The van der Waals surface area contributed by atoms with Gasteiger partial charge in [0, 0.05) is 16.1 Å². The Labute approximate surface area is 178 Å². The molecular weight excluding hydrogens is 411 g/mol. The number of alkyl halides is 1. The standard InChI is InChI=1S/C21H22ClFN4O3/c1-13(23)16-6-25-17(7-24-16)19(29)27-21-10-20(11-21,12-21)26-18(28)9-30-8-14-3-2-4-15(22)5-14/h2-7,13H,8-12H2,1H3,(H,26,28)(H,27,29). The summed E-state index contributed by atoms with van der Waals surface area (Å²) in [5, 5.41) is 6.59. The maximum absolute atomic E-state index is 13.2. The van der Waals surface area contributed by atoms with Crippen LogP contribution in [0.1, 0.15) is 54.1 Å². The Morgan fingerprint density at radius 1 is 1.20 bits per heavy atom. The third kappa shape index (κ3) is 4.29. The van der Waals surface area contributed by atoms with Crippen molar-refractivity contribution in [1.82, 2.24) is 20.6 Å². The zero-order valence-corrected chi connectivity index (χ0v) is 17.2. The van der Waals surface area contributed by atoms with Crippen LogP contribution in [0, 0.1) is 0 Å². The highest BCUT2D eigenvalue weighted by molar-refractivity contribution is 6.30. The monoisotopic (exact) mass is 432 g/mol. The number of ether oxygens (including phenoxy) is 1. The first-order valence-electron chi connectivity index (χ1n) is 9.70. The Kier molecular flexibility index (Phi) is 5.46. The molecule has 1 atom stereocenters. The van der Waals surface area contributed by atoms with Crippen molar-refractivity contribution in [3.05, 3.63) is 58.6 Å². The van der Waals surface area contributed by atoms with Gasteiger partial charge in [0.1, 0.15) is 18.5 Å². The van der Waals surface area contributed by atoms with Crippen molar-refractivity contribution in [1.29, 1.82) is 0 Å². The van der Waals surface area contributed by atoms with E-state index in [2.05, 4.69) is 20.6 Å². The van der Waals surface area contributed by atoms with E-state index in [9.17, 15) is 14.0 Å². The van der Waals surface area contributed by atoms with Crippen LogP contribution in [-0.2, 0) is 16.1 Å². The fourth-order valence-corrected chi connectivity index (χ4v) is 4.45. The number of carbonyl (C=O) groups excluding carboxylic acids is 2. The van der Waals surface area contributed by atoms with E-state index < -0.39 is 6.17 Å². The molecule has 1 unspecified atom stereocenters. The molecule has 9 heteroatoms. The summed E-state index contributed by atoms with van der Waals surface area (Å²) in [5.74, 6) is -0.525. The maximum Gasteiger partial charge on any atom is 0.271 e. The SMILES string of the molecule is CC(F)c1cnc(C(=O)NC23CC(NC(=O)COCc4cccc(Cl)c4)(C2)C3)cn1. The van der Waals surface area contributed by atoms with Gasteiger partial charge < -0.3 is 15.4 Å². The van der Waals surface area contributed by atoms with Crippen molar-refractivity contribution < 1.29 is 18.7 Å². The molecule has 7 nitrogen and oxygen atoms in total. The fourth-order valence-electron chi connectivity index (χ4n) is 4.24.